The lowest BCUT2D eigenvalue weighted by Crippen LogP contribution is -2.31. The van der Waals surface area contributed by atoms with Crippen molar-refractivity contribution in [2.24, 2.45) is 0 Å². The lowest BCUT2D eigenvalue weighted by Gasteiger charge is -2.30. The van der Waals surface area contributed by atoms with Crippen LogP contribution in [0.3, 0.4) is 0 Å². The van der Waals surface area contributed by atoms with Gasteiger partial charge in [-0.05, 0) is 40.5 Å². The van der Waals surface area contributed by atoms with Crippen molar-refractivity contribution in [3.8, 4) is 0 Å². The van der Waals surface area contributed by atoms with Gasteiger partial charge in [-0.2, -0.15) is 0 Å². The molecule has 0 aliphatic heterocycles. The molecule has 0 aliphatic rings. The molecule has 0 amide bonds. The SMILES string of the molecule is CCCCCCCCCCCCOC(C)(C)CCOC(C)(C)P(=O)(O)O. The normalized spacial score (nSPS) is 13.3. The van der Waals surface area contributed by atoms with Gasteiger partial charge in [-0.25, -0.2) is 0 Å². The molecule has 0 radical (unpaired) electrons. The van der Waals surface area contributed by atoms with E-state index in [1.54, 1.807) is 0 Å². The molecule has 0 saturated carbocycles. The lowest BCUT2D eigenvalue weighted by atomic mass is 10.1. The summed E-state index contributed by atoms with van der Waals surface area (Å²) in [6, 6.07) is 0. The maximum atomic E-state index is 11.3. The maximum absolute atomic E-state index is 11.3. The number of hydrogen-bond acceptors (Lipinski definition) is 3. The fraction of sp³-hybridized carbons (Fsp3) is 1.00. The van der Waals surface area contributed by atoms with E-state index in [1.165, 1.54) is 71.6 Å². The smallest absolute Gasteiger partial charge is 0.356 e. The van der Waals surface area contributed by atoms with Crippen molar-refractivity contribution >= 4 is 7.60 Å². The maximum Gasteiger partial charge on any atom is 0.356 e. The van der Waals surface area contributed by atoms with Gasteiger partial charge in [0.1, 0.15) is 0 Å². The molecule has 0 spiro atoms. The summed E-state index contributed by atoms with van der Waals surface area (Å²) in [7, 11) is -4.26. The summed E-state index contributed by atoms with van der Waals surface area (Å²) in [6.45, 7) is 10.1. The van der Waals surface area contributed by atoms with Gasteiger partial charge in [0.2, 0.25) is 0 Å². The summed E-state index contributed by atoms with van der Waals surface area (Å²) < 4.78 is 22.7. The molecule has 0 fully saturated rings. The highest BCUT2D eigenvalue weighted by molar-refractivity contribution is 7.53. The second kappa shape index (κ2) is 13.3. The fourth-order valence-electron chi connectivity index (χ4n) is 2.64. The van der Waals surface area contributed by atoms with Crippen molar-refractivity contribution in [2.45, 2.75) is 116 Å². The largest absolute Gasteiger partial charge is 0.375 e. The van der Waals surface area contributed by atoms with Crippen LogP contribution in [0, 0.1) is 0 Å². The van der Waals surface area contributed by atoms with Crippen molar-refractivity contribution < 1.29 is 23.8 Å². The molecule has 26 heavy (non-hydrogen) atoms. The predicted octanol–water partition coefficient (Wildman–Crippen LogP) is 6.02. The van der Waals surface area contributed by atoms with Crippen LogP contribution in [0.1, 0.15) is 105 Å². The van der Waals surface area contributed by atoms with E-state index in [2.05, 4.69) is 6.92 Å². The van der Waals surface area contributed by atoms with Crippen molar-refractivity contribution in [3.63, 3.8) is 0 Å². The van der Waals surface area contributed by atoms with E-state index in [1.807, 2.05) is 13.8 Å². The van der Waals surface area contributed by atoms with Crippen LogP contribution in [0.4, 0.5) is 0 Å². The molecular formula is C20H43O5P. The van der Waals surface area contributed by atoms with Crippen LogP contribution in [0.5, 0.6) is 0 Å². The molecule has 0 heterocycles. The van der Waals surface area contributed by atoms with E-state index in [-0.39, 0.29) is 12.2 Å². The Morgan fingerprint density at radius 2 is 1.19 bits per heavy atom. The molecule has 5 nitrogen and oxygen atoms in total. The zero-order chi connectivity index (χ0) is 20.1. The van der Waals surface area contributed by atoms with Gasteiger partial charge in [-0.1, -0.05) is 64.7 Å². The topological polar surface area (TPSA) is 76.0 Å². The zero-order valence-corrected chi connectivity index (χ0v) is 18.7. The van der Waals surface area contributed by atoms with Gasteiger partial charge in [0.25, 0.3) is 0 Å². The predicted molar refractivity (Wildman–Crippen MR) is 109 cm³/mol. The van der Waals surface area contributed by atoms with Gasteiger partial charge in [0.15, 0.2) is 5.34 Å². The minimum atomic E-state index is -4.26. The Hall–Kier alpha value is 0.0700. The van der Waals surface area contributed by atoms with E-state index in [0.717, 1.165) is 13.0 Å². The van der Waals surface area contributed by atoms with Crippen LogP contribution < -0.4 is 0 Å². The molecule has 0 aromatic carbocycles. The van der Waals surface area contributed by atoms with Gasteiger partial charge >= 0.3 is 7.60 Å². The minimum Gasteiger partial charge on any atom is -0.375 e. The van der Waals surface area contributed by atoms with Crippen LogP contribution in [0.25, 0.3) is 0 Å². The van der Waals surface area contributed by atoms with Crippen molar-refractivity contribution in [1.29, 1.82) is 0 Å². The average molecular weight is 395 g/mol. The second-order valence-corrected chi connectivity index (χ2v) is 10.5. The highest BCUT2D eigenvalue weighted by atomic mass is 31.2. The standard InChI is InChI=1S/C20H43O5P/c1-6-7-8-9-10-11-12-13-14-15-17-24-19(2,3)16-18-25-20(4,5)26(21,22)23/h6-18H2,1-5H3,(H2,21,22,23). The van der Waals surface area contributed by atoms with Crippen molar-refractivity contribution in [3.05, 3.63) is 0 Å². The van der Waals surface area contributed by atoms with E-state index < -0.39 is 12.9 Å². The van der Waals surface area contributed by atoms with Gasteiger partial charge in [-0.3, -0.25) is 4.57 Å². The van der Waals surface area contributed by atoms with E-state index in [9.17, 15) is 14.4 Å². The van der Waals surface area contributed by atoms with Crippen LogP contribution in [-0.2, 0) is 14.0 Å². The quantitative estimate of drug-likeness (QED) is 0.233. The summed E-state index contributed by atoms with van der Waals surface area (Å²) in [6.07, 6.45) is 13.6. The Morgan fingerprint density at radius 3 is 1.65 bits per heavy atom. The molecule has 2 N–H and O–H groups in total. The highest BCUT2D eigenvalue weighted by Gasteiger charge is 2.39. The Morgan fingerprint density at radius 1 is 0.731 bits per heavy atom. The molecule has 0 bridgehead atoms. The molecule has 0 aliphatic carbocycles. The first kappa shape index (κ1) is 26.1. The molecule has 0 rings (SSSR count). The van der Waals surface area contributed by atoms with Crippen molar-refractivity contribution in [2.75, 3.05) is 13.2 Å². The molecule has 0 aromatic rings. The third-order valence-electron chi connectivity index (χ3n) is 4.85. The summed E-state index contributed by atoms with van der Waals surface area (Å²) in [5.41, 5.74) is -0.343. The first-order valence-electron chi connectivity index (χ1n) is 10.4. The summed E-state index contributed by atoms with van der Waals surface area (Å²) >= 11 is 0. The fourth-order valence-corrected chi connectivity index (χ4v) is 2.90. The molecular weight excluding hydrogens is 351 g/mol. The van der Waals surface area contributed by atoms with Gasteiger partial charge in [0.05, 0.1) is 12.2 Å². The third-order valence-corrected chi connectivity index (χ3v) is 6.38. The third kappa shape index (κ3) is 13.3. The van der Waals surface area contributed by atoms with Crippen LogP contribution >= 0.6 is 7.60 Å². The van der Waals surface area contributed by atoms with E-state index >= 15 is 0 Å². The second-order valence-electron chi connectivity index (χ2n) is 8.38. The monoisotopic (exact) mass is 394 g/mol. The zero-order valence-electron chi connectivity index (χ0n) is 17.8. The Labute approximate surface area is 161 Å². The first-order chi connectivity index (χ1) is 12.0. The van der Waals surface area contributed by atoms with Gasteiger partial charge in [-0.15, -0.1) is 0 Å². The Kier molecular flexibility index (Phi) is 13.3. The van der Waals surface area contributed by atoms with E-state index in [4.69, 9.17) is 9.47 Å². The summed E-state index contributed by atoms with van der Waals surface area (Å²) in [5.74, 6) is 0. The average Bonchev–Trinajstić information content (AvgIpc) is 2.51. The van der Waals surface area contributed by atoms with Crippen molar-refractivity contribution in [1.82, 2.24) is 0 Å². The molecule has 0 saturated heterocycles. The number of unbranched alkanes of at least 4 members (excludes halogenated alkanes) is 9. The van der Waals surface area contributed by atoms with E-state index in [0.29, 0.717) is 6.42 Å². The lowest BCUT2D eigenvalue weighted by molar-refractivity contribution is -0.0579. The van der Waals surface area contributed by atoms with Gasteiger partial charge < -0.3 is 19.3 Å². The summed E-state index contributed by atoms with van der Waals surface area (Å²) in [4.78, 5) is 18.5. The number of hydrogen-bond donors (Lipinski definition) is 2. The first-order valence-corrected chi connectivity index (χ1v) is 12.0. The molecule has 0 unspecified atom stereocenters. The molecule has 0 aromatic heterocycles. The van der Waals surface area contributed by atoms with Crippen LogP contribution in [0.2, 0.25) is 0 Å². The Bertz CT molecular complexity index is 390. The number of rotatable bonds is 17. The Balaban J connectivity index is 3.65. The molecule has 0 atom stereocenters. The molecule has 158 valence electrons. The molecule has 6 heteroatoms. The van der Waals surface area contributed by atoms with Crippen LogP contribution in [-0.4, -0.2) is 33.9 Å². The summed E-state index contributed by atoms with van der Waals surface area (Å²) in [5, 5.41) is -1.44. The highest BCUT2D eigenvalue weighted by Crippen LogP contribution is 2.50. The van der Waals surface area contributed by atoms with Gasteiger partial charge in [0, 0.05) is 6.61 Å². The van der Waals surface area contributed by atoms with Crippen LogP contribution in [0.15, 0.2) is 0 Å². The number of ether oxygens (including phenoxy) is 2. The minimum absolute atomic E-state index is 0.267.